The van der Waals surface area contributed by atoms with Crippen LogP contribution in [0.25, 0.3) is 0 Å². The molecule has 1 heterocycles. The first-order valence-electron chi connectivity index (χ1n) is 9.70. The number of nitrogens with one attached hydrogen (secondary N) is 1. The Hall–Kier alpha value is -2.23. The second-order valence-corrected chi connectivity index (χ2v) is 9.77. The maximum atomic E-state index is 13.0. The Kier molecular flexibility index (Phi) is 7.18. The van der Waals surface area contributed by atoms with Crippen LogP contribution in [-0.2, 0) is 14.8 Å². The van der Waals surface area contributed by atoms with Gasteiger partial charge in [0.1, 0.15) is 5.75 Å². The van der Waals surface area contributed by atoms with E-state index in [-0.39, 0.29) is 40.6 Å². The molecule has 1 N–H and O–H groups in total. The van der Waals surface area contributed by atoms with Crippen LogP contribution in [0.1, 0.15) is 24.0 Å². The number of benzene rings is 2. The molecule has 6 nitrogen and oxygen atoms in total. The van der Waals surface area contributed by atoms with Crippen molar-refractivity contribution in [2.75, 3.05) is 18.4 Å². The lowest BCUT2D eigenvalue weighted by Crippen LogP contribution is -2.41. The summed E-state index contributed by atoms with van der Waals surface area (Å²) in [5.74, 6) is -0.830. The average Bonchev–Trinajstić information content (AvgIpc) is 2.69. The average molecular weight is 473 g/mol. The van der Waals surface area contributed by atoms with Gasteiger partial charge < -0.3 is 10.1 Å². The number of carbonyl (C=O) groups excluding carboxylic acids is 1. The summed E-state index contributed by atoms with van der Waals surface area (Å²) in [5.41, 5.74) is 2.03. The molecular weight excluding hydrogens is 450 g/mol. The van der Waals surface area contributed by atoms with Crippen molar-refractivity contribution in [1.29, 1.82) is 0 Å². The molecule has 10 heteroatoms. The lowest BCUT2D eigenvalue weighted by Gasteiger charge is -2.31. The van der Waals surface area contributed by atoms with Crippen molar-refractivity contribution in [1.82, 2.24) is 4.31 Å². The number of carbonyl (C=O) groups is 1. The second-order valence-electron chi connectivity index (χ2n) is 7.46. The fourth-order valence-corrected chi connectivity index (χ4v) is 5.50. The molecule has 3 rings (SSSR count). The smallest absolute Gasteiger partial charge is 0.387 e. The van der Waals surface area contributed by atoms with Gasteiger partial charge in [0, 0.05) is 24.7 Å². The monoisotopic (exact) mass is 472 g/mol. The molecule has 1 aliphatic rings. The molecule has 0 spiro atoms. The van der Waals surface area contributed by atoms with Gasteiger partial charge in [0.25, 0.3) is 0 Å². The third-order valence-corrected chi connectivity index (χ3v) is 7.54. The molecule has 0 unspecified atom stereocenters. The Balaban J connectivity index is 1.61. The van der Waals surface area contributed by atoms with Gasteiger partial charge in [0.2, 0.25) is 15.9 Å². The molecule has 1 saturated heterocycles. The number of rotatable bonds is 6. The Morgan fingerprint density at radius 3 is 2.42 bits per heavy atom. The predicted molar refractivity (Wildman–Crippen MR) is 114 cm³/mol. The van der Waals surface area contributed by atoms with Gasteiger partial charge in [-0.25, -0.2) is 8.42 Å². The van der Waals surface area contributed by atoms with Crippen LogP contribution in [0, 0.1) is 19.8 Å². The van der Waals surface area contributed by atoms with E-state index in [1.807, 2.05) is 13.0 Å². The number of halogens is 3. The zero-order valence-electron chi connectivity index (χ0n) is 17.1. The lowest BCUT2D eigenvalue weighted by atomic mass is 9.97. The minimum Gasteiger partial charge on any atom is -0.433 e. The normalized spacial score (nSPS) is 15.8. The number of nitrogens with zero attached hydrogens (tertiary/aromatic N) is 1. The standard InChI is InChI=1S/C21H23ClF2N2O4S/c1-13-3-6-19(14(2)11-13)31(28,29)26-9-7-15(8-10-26)20(27)25-16-4-5-18(17(22)12-16)30-21(23)24/h3-6,11-12,15,21H,7-10H2,1-2H3,(H,25,27). The van der Waals surface area contributed by atoms with Crippen LogP contribution in [0.15, 0.2) is 41.3 Å². The van der Waals surface area contributed by atoms with Gasteiger partial charge in [-0.3, -0.25) is 4.79 Å². The molecule has 0 radical (unpaired) electrons. The second kappa shape index (κ2) is 9.50. The number of amides is 1. The summed E-state index contributed by atoms with van der Waals surface area (Å²) in [6, 6.07) is 9.21. The summed E-state index contributed by atoms with van der Waals surface area (Å²) in [7, 11) is -3.63. The number of sulfonamides is 1. The molecule has 0 aliphatic carbocycles. The van der Waals surface area contributed by atoms with Crippen molar-refractivity contribution in [3.63, 3.8) is 0 Å². The maximum absolute atomic E-state index is 13.0. The van der Waals surface area contributed by atoms with E-state index in [1.165, 1.54) is 22.5 Å². The van der Waals surface area contributed by atoms with Gasteiger partial charge >= 0.3 is 6.61 Å². The van der Waals surface area contributed by atoms with Crippen LogP contribution >= 0.6 is 11.6 Å². The van der Waals surface area contributed by atoms with E-state index < -0.39 is 16.6 Å². The zero-order chi connectivity index (χ0) is 22.8. The summed E-state index contributed by atoms with van der Waals surface area (Å²) in [6.07, 6.45) is 0.743. The molecule has 168 valence electrons. The van der Waals surface area contributed by atoms with Crippen molar-refractivity contribution in [2.45, 2.75) is 38.2 Å². The topological polar surface area (TPSA) is 75.7 Å². The van der Waals surface area contributed by atoms with E-state index in [1.54, 1.807) is 19.1 Å². The lowest BCUT2D eigenvalue weighted by molar-refractivity contribution is -0.120. The Morgan fingerprint density at radius 1 is 1.16 bits per heavy atom. The predicted octanol–water partition coefficient (Wildman–Crippen LogP) is 4.60. The van der Waals surface area contributed by atoms with E-state index in [0.29, 0.717) is 24.1 Å². The molecule has 1 fully saturated rings. The molecular formula is C21H23ClF2N2O4S. The van der Waals surface area contributed by atoms with E-state index in [0.717, 1.165) is 5.56 Å². The fraction of sp³-hybridized carbons (Fsp3) is 0.381. The van der Waals surface area contributed by atoms with Crippen LogP contribution in [0.4, 0.5) is 14.5 Å². The first-order chi connectivity index (χ1) is 14.6. The van der Waals surface area contributed by atoms with Gasteiger partial charge in [-0.05, 0) is 56.5 Å². The van der Waals surface area contributed by atoms with Gasteiger partial charge in [-0.1, -0.05) is 29.3 Å². The molecule has 0 saturated carbocycles. The highest BCUT2D eigenvalue weighted by molar-refractivity contribution is 7.89. The van der Waals surface area contributed by atoms with E-state index in [9.17, 15) is 22.0 Å². The van der Waals surface area contributed by atoms with Crippen LogP contribution < -0.4 is 10.1 Å². The minimum atomic E-state index is -3.63. The molecule has 2 aromatic rings. The van der Waals surface area contributed by atoms with Crippen molar-refractivity contribution in [2.24, 2.45) is 5.92 Å². The summed E-state index contributed by atoms with van der Waals surface area (Å²) < 4.78 is 56.3. The zero-order valence-corrected chi connectivity index (χ0v) is 18.6. The Labute approximate surface area is 185 Å². The highest BCUT2D eigenvalue weighted by Gasteiger charge is 2.32. The number of aryl methyl sites for hydroxylation is 2. The number of hydrogen-bond donors (Lipinski definition) is 1. The van der Waals surface area contributed by atoms with Gasteiger partial charge in [-0.15, -0.1) is 0 Å². The molecule has 1 aliphatic heterocycles. The van der Waals surface area contributed by atoms with Gasteiger partial charge in [0.05, 0.1) is 9.92 Å². The van der Waals surface area contributed by atoms with Crippen LogP contribution in [0.3, 0.4) is 0 Å². The number of ether oxygens (including phenoxy) is 1. The fourth-order valence-electron chi connectivity index (χ4n) is 3.60. The van der Waals surface area contributed by atoms with E-state index >= 15 is 0 Å². The molecule has 2 aromatic carbocycles. The van der Waals surface area contributed by atoms with Gasteiger partial charge in [0.15, 0.2) is 0 Å². The Bertz CT molecular complexity index is 1070. The summed E-state index contributed by atoms with van der Waals surface area (Å²) >= 11 is 5.91. The minimum absolute atomic E-state index is 0.0486. The number of anilines is 1. The Morgan fingerprint density at radius 2 is 1.84 bits per heavy atom. The summed E-state index contributed by atoms with van der Waals surface area (Å²) in [4.78, 5) is 12.9. The molecule has 0 bridgehead atoms. The van der Waals surface area contributed by atoms with Crippen molar-refractivity contribution in [3.05, 3.63) is 52.5 Å². The molecule has 1 amide bonds. The van der Waals surface area contributed by atoms with Crippen LogP contribution in [0.2, 0.25) is 5.02 Å². The number of piperidine rings is 1. The quantitative estimate of drug-likeness (QED) is 0.666. The highest BCUT2D eigenvalue weighted by atomic mass is 35.5. The highest BCUT2D eigenvalue weighted by Crippen LogP contribution is 2.30. The number of hydrogen-bond acceptors (Lipinski definition) is 4. The van der Waals surface area contributed by atoms with Crippen LogP contribution in [-0.4, -0.2) is 38.3 Å². The first-order valence-corrected chi connectivity index (χ1v) is 11.5. The maximum Gasteiger partial charge on any atom is 0.387 e. The van der Waals surface area contributed by atoms with Crippen molar-refractivity contribution >= 4 is 33.2 Å². The molecule has 31 heavy (non-hydrogen) atoms. The van der Waals surface area contributed by atoms with Crippen molar-refractivity contribution < 1.29 is 26.7 Å². The molecule has 0 atom stereocenters. The van der Waals surface area contributed by atoms with E-state index in [2.05, 4.69) is 10.1 Å². The SMILES string of the molecule is Cc1ccc(S(=O)(=O)N2CCC(C(=O)Nc3ccc(OC(F)F)c(Cl)c3)CC2)c(C)c1. The summed E-state index contributed by atoms with van der Waals surface area (Å²) in [5, 5.41) is 2.65. The first kappa shape index (κ1) is 23.4. The van der Waals surface area contributed by atoms with Gasteiger partial charge in [-0.2, -0.15) is 13.1 Å². The number of alkyl halides is 2. The largest absolute Gasteiger partial charge is 0.433 e. The van der Waals surface area contributed by atoms with E-state index in [4.69, 9.17) is 11.6 Å². The summed E-state index contributed by atoms with van der Waals surface area (Å²) in [6.45, 7) is 1.14. The molecule has 0 aromatic heterocycles. The third-order valence-electron chi connectivity index (χ3n) is 5.19. The van der Waals surface area contributed by atoms with Crippen LogP contribution in [0.5, 0.6) is 5.75 Å². The third kappa shape index (κ3) is 5.53. The van der Waals surface area contributed by atoms with Crippen molar-refractivity contribution in [3.8, 4) is 5.75 Å².